The average Bonchev–Trinajstić information content (AvgIpc) is 2.17. The van der Waals surface area contributed by atoms with Crippen LogP contribution in [0.2, 0.25) is 0 Å². The number of carbonyl (C=O) groups excluding carboxylic acids is 2. The van der Waals surface area contributed by atoms with Crippen molar-refractivity contribution in [2.24, 2.45) is 0 Å². The van der Waals surface area contributed by atoms with E-state index in [1.54, 1.807) is 24.3 Å². The summed E-state index contributed by atoms with van der Waals surface area (Å²) in [5.74, 6) is -0.671. The second kappa shape index (κ2) is 5.11. The van der Waals surface area contributed by atoms with Gasteiger partial charge in [0.25, 0.3) is 0 Å². The summed E-state index contributed by atoms with van der Waals surface area (Å²) in [5.41, 5.74) is 1.12. The molecule has 0 atom stereocenters. The van der Waals surface area contributed by atoms with Gasteiger partial charge in [-0.1, -0.05) is 6.07 Å². The Kier molecular flexibility index (Phi) is 3.82. The average molecular weight is 208 g/mol. The number of hydrogen-bond acceptors (Lipinski definition) is 3. The van der Waals surface area contributed by atoms with Crippen LogP contribution < -0.4 is 10.6 Å². The highest BCUT2D eigenvalue weighted by molar-refractivity contribution is 5.93. The van der Waals surface area contributed by atoms with E-state index >= 15 is 0 Å². The molecule has 0 aliphatic heterocycles. The molecule has 15 heavy (non-hydrogen) atoms. The first-order chi connectivity index (χ1) is 7.11. The quantitative estimate of drug-likeness (QED) is 0.679. The Bertz CT molecular complexity index is 377. The minimum absolute atomic E-state index is 0.180. The number of amides is 2. The topological polar surface area (TPSA) is 78.4 Å². The van der Waals surface area contributed by atoms with E-state index in [2.05, 4.69) is 10.6 Å². The maximum atomic E-state index is 10.9. The molecule has 0 unspecified atom stereocenters. The molecule has 0 aliphatic carbocycles. The lowest BCUT2D eigenvalue weighted by molar-refractivity contribution is -0.118. The normalized spacial score (nSPS) is 9.47. The van der Waals surface area contributed by atoms with Gasteiger partial charge >= 0.3 is 0 Å². The van der Waals surface area contributed by atoms with Crippen molar-refractivity contribution in [1.82, 2.24) is 0 Å². The highest BCUT2D eigenvalue weighted by Gasteiger charge is 2.01. The number of aliphatic hydroxyl groups is 1. The van der Waals surface area contributed by atoms with Gasteiger partial charge in [0.15, 0.2) is 0 Å². The lowest BCUT2D eigenvalue weighted by Crippen LogP contribution is -2.15. The molecular formula is C10H12N2O3. The summed E-state index contributed by atoms with van der Waals surface area (Å²) in [5, 5.41) is 13.6. The predicted octanol–water partition coefficient (Wildman–Crippen LogP) is 0.576. The molecule has 1 aromatic carbocycles. The summed E-state index contributed by atoms with van der Waals surface area (Å²) in [6, 6.07) is 6.67. The smallest absolute Gasteiger partial charge is 0.250 e. The van der Waals surface area contributed by atoms with E-state index < -0.39 is 12.5 Å². The third kappa shape index (κ3) is 3.78. The first-order valence-corrected chi connectivity index (χ1v) is 4.40. The molecular weight excluding hydrogens is 196 g/mol. The van der Waals surface area contributed by atoms with Gasteiger partial charge in [-0.05, 0) is 18.2 Å². The molecule has 0 aliphatic rings. The first-order valence-electron chi connectivity index (χ1n) is 4.40. The molecule has 2 amide bonds. The molecule has 1 aromatic rings. The van der Waals surface area contributed by atoms with Crippen molar-refractivity contribution in [1.29, 1.82) is 0 Å². The number of carbonyl (C=O) groups is 2. The maximum absolute atomic E-state index is 10.9. The molecule has 0 heterocycles. The monoisotopic (exact) mass is 208 g/mol. The van der Waals surface area contributed by atoms with Crippen LogP contribution in [0.1, 0.15) is 6.92 Å². The van der Waals surface area contributed by atoms with E-state index in [1.807, 2.05) is 0 Å². The zero-order chi connectivity index (χ0) is 11.3. The van der Waals surface area contributed by atoms with Crippen molar-refractivity contribution in [2.75, 3.05) is 17.2 Å². The van der Waals surface area contributed by atoms with Gasteiger partial charge in [0.2, 0.25) is 11.8 Å². The highest BCUT2D eigenvalue weighted by atomic mass is 16.3. The van der Waals surface area contributed by atoms with Gasteiger partial charge in [0, 0.05) is 18.3 Å². The SMILES string of the molecule is CC(=O)Nc1cccc(NC(=O)CO)c1. The van der Waals surface area contributed by atoms with Crippen LogP contribution in [0.3, 0.4) is 0 Å². The van der Waals surface area contributed by atoms with Crippen LogP contribution in [-0.4, -0.2) is 23.5 Å². The summed E-state index contributed by atoms with van der Waals surface area (Å²) >= 11 is 0. The third-order valence-electron chi connectivity index (χ3n) is 1.61. The summed E-state index contributed by atoms with van der Waals surface area (Å²) in [7, 11) is 0. The largest absolute Gasteiger partial charge is 0.387 e. The fourth-order valence-corrected chi connectivity index (χ4v) is 1.08. The van der Waals surface area contributed by atoms with Gasteiger partial charge in [-0.3, -0.25) is 9.59 Å². The van der Waals surface area contributed by atoms with Crippen LogP contribution in [0.4, 0.5) is 11.4 Å². The molecule has 5 heteroatoms. The standard InChI is InChI=1S/C10H12N2O3/c1-7(14)11-8-3-2-4-9(5-8)12-10(15)6-13/h2-5,13H,6H2,1H3,(H,11,14)(H,12,15). The number of hydrogen-bond donors (Lipinski definition) is 3. The van der Waals surface area contributed by atoms with Crippen molar-refractivity contribution in [3.63, 3.8) is 0 Å². The summed E-state index contributed by atoms with van der Waals surface area (Å²) < 4.78 is 0. The number of anilines is 2. The van der Waals surface area contributed by atoms with Crippen molar-refractivity contribution in [3.8, 4) is 0 Å². The molecule has 0 saturated heterocycles. The minimum atomic E-state index is -0.565. The molecule has 1 rings (SSSR count). The van der Waals surface area contributed by atoms with Gasteiger partial charge < -0.3 is 15.7 Å². The molecule has 80 valence electrons. The van der Waals surface area contributed by atoms with Crippen molar-refractivity contribution >= 4 is 23.2 Å². The van der Waals surface area contributed by atoms with E-state index in [4.69, 9.17) is 5.11 Å². The number of nitrogens with one attached hydrogen (secondary N) is 2. The second-order valence-corrected chi connectivity index (χ2v) is 2.97. The van der Waals surface area contributed by atoms with Crippen LogP contribution >= 0.6 is 0 Å². The lowest BCUT2D eigenvalue weighted by Gasteiger charge is -2.06. The van der Waals surface area contributed by atoms with E-state index in [-0.39, 0.29) is 5.91 Å². The zero-order valence-corrected chi connectivity index (χ0v) is 8.28. The summed E-state index contributed by atoms with van der Waals surface area (Å²) in [4.78, 5) is 21.6. The van der Waals surface area contributed by atoms with E-state index in [0.29, 0.717) is 11.4 Å². The molecule has 5 nitrogen and oxygen atoms in total. The second-order valence-electron chi connectivity index (χ2n) is 2.97. The van der Waals surface area contributed by atoms with Crippen LogP contribution in [0.25, 0.3) is 0 Å². The Labute approximate surface area is 87.1 Å². The van der Waals surface area contributed by atoms with Crippen LogP contribution in [-0.2, 0) is 9.59 Å². The van der Waals surface area contributed by atoms with Crippen LogP contribution in [0.5, 0.6) is 0 Å². The fraction of sp³-hybridized carbons (Fsp3) is 0.200. The zero-order valence-electron chi connectivity index (χ0n) is 8.28. The van der Waals surface area contributed by atoms with E-state index in [9.17, 15) is 9.59 Å². The van der Waals surface area contributed by atoms with Crippen LogP contribution in [0, 0.1) is 0 Å². The Morgan fingerprint density at radius 2 is 1.87 bits per heavy atom. The maximum Gasteiger partial charge on any atom is 0.250 e. The minimum Gasteiger partial charge on any atom is -0.387 e. The Morgan fingerprint density at radius 3 is 2.40 bits per heavy atom. The molecule has 0 radical (unpaired) electrons. The van der Waals surface area contributed by atoms with Crippen molar-refractivity contribution in [2.45, 2.75) is 6.92 Å². The van der Waals surface area contributed by atoms with E-state index in [0.717, 1.165) is 0 Å². The molecule has 0 saturated carbocycles. The summed E-state index contributed by atoms with van der Waals surface area (Å²) in [6.07, 6.45) is 0. The van der Waals surface area contributed by atoms with Crippen LogP contribution in [0.15, 0.2) is 24.3 Å². The van der Waals surface area contributed by atoms with Crippen molar-refractivity contribution < 1.29 is 14.7 Å². The molecule has 0 bridgehead atoms. The Hall–Kier alpha value is -1.88. The van der Waals surface area contributed by atoms with Gasteiger partial charge in [-0.25, -0.2) is 0 Å². The van der Waals surface area contributed by atoms with Crippen molar-refractivity contribution in [3.05, 3.63) is 24.3 Å². The predicted molar refractivity (Wildman–Crippen MR) is 56.5 cm³/mol. The number of benzene rings is 1. The molecule has 3 N–H and O–H groups in total. The van der Waals surface area contributed by atoms with E-state index in [1.165, 1.54) is 6.92 Å². The lowest BCUT2D eigenvalue weighted by atomic mass is 10.2. The van der Waals surface area contributed by atoms with Gasteiger partial charge in [-0.15, -0.1) is 0 Å². The third-order valence-corrected chi connectivity index (χ3v) is 1.61. The molecule has 0 aromatic heterocycles. The molecule has 0 spiro atoms. The number of rotatable bonds is 3. The summed E-state index contributed by atoms with van der Waals surface area (Å²) in [6.45, 7) is 0.837. The fourth-order valence-electron chi connectivity index (χ4n) is 1.08. The number of aliphatic hydroxyl groups excluding tert-OH is 1. The molecule has 0 fully saturated rings. The Balaban J connectivity index is 2.74. The van der Waals surface area contributed by atoms with Gasteiger partial charge in [-0.2, -0.15) is 0 Å². The van der Waals surface area contributed by atoms with Gasteiger partial charge in [0.1, 0.15) is 6.61 Å². The van der Waals surface area contributed by atoms with Gasteiger partial charge in [0.05, 0.1) is 0 Å². The highest BCUT2D eigenvalue weighted by Crippen LogP contribution is 2.14. The first kappa shape index (κ1) is 11.2. The Morgan fingerprint density at radius 1 is 1.27 bits per heavy atom.